The van der Waals surface area contributed by atoms with Crippen molar-refractivity contribution >= 4 is 0 Å². The Bertz CT molecular complexity index is 413. The molecule has 3 nitrogen and oxygen atoms in total. The maximum absolute atomic E-state index is 13.8. The third-order valence-electron chi connectivity index (χ3n) is 3.34. The average molecular weight is 258 g/mol. The quantitative estimate of drug-likeness (QED) is 0.905. The zero-order chi connectivity index (χ0) is 13.3. The molecule has 2 rings (SSSR count). The van der Waals surface area contributed by atoms with Crippen LogP contribution in [-0.2, 0) is 4.74 Å². The molecular formula is C13H16F2O3. The van der Waals surface area contributed by atoms with Gasteiger partial charge in [0.15, 0.2) is 0 Å². The summed E-state index contributed by atoms with van der Waals surface area (Å²) < 4.78 is 37.7. The fraction of sp³-hybridized carbons (Fsp3) is 0.538. The molecule has 1 N–H and O–H groups in total. The molecule has 0 amide bonds. The van der Waals surface area contributed by atoms with E-state index in [2.05, 4.69) is 0 Å². The molecule has 0 radical (unpaired) electrons. The molecule has 0 bridgehead atoms. The highest BCUT2D eigenvalue weighted by atomic mass is 19.1. The maximum Gasteiger partial charge on any atom is 0.135 e. The lowest BCUT2D eigenvalue weighted by Gasteiger charge is -2.22. The number of rotatable bonds is 3. The van der Waals surface area contributed by atoms with Crippen molar-refractivity contribution in [3.05, 3.63) is 29.3 Å². The van der Waals surface area contributed by atoms with Crippen molar-refractivity contribution in [3.63, 3.8) is 0 Å². The first-order valence-electron chi connectivity index (χ1n) is 5.87. The van der Waals surface area contributed by atoms with Crippen LogP contribution in [0.15, 0.2) is 12.1 Å². The highest BCUT2D eigenvalue weighted by molar-refractivity contribution is 5.32. The summed E-state index contributed by atoms with van der Waals surface area (Å²) in [7, 11) is 1.33. The van der Waals surface area contributed by atoms with E-state index in [1.54, 1.807) is 0 Å². The summed E-state index contributed by atoms with van der Waals surface area (Å²) >= 11 is 0. The van der Waals surface area contributed by atoms with Gasteiger partial charge in [0.25, 0.3) is 0 Å². The fourth-order valence-corrected chi connectivity index (χ4v) is 2.25. The molecule has 1 aromatic carbocycles. The first-order valence-corrected chi connectivity index (χ1v) is 5.87. The molecule has 5 heteroatoms. The molecule has 100 valence electrons. The van der Waals surface area contributed by atoms with Crippen molar-refractivity contribution in [2.24, 2.45) is 5.92 Å². The summed E-state index contributed by atoms with van der Waals surface area (Å²) in [5.74, 6) is -1.48. The SMILES string of the molecule is COc1cc(F)c(C(O)C2OCCC2C)c(F)c1. The Morgan fingerprint density at radius 3 is 2.44 bits per heavy atom. The van der Waals surface area contributed by atoms with Crippen LogP contribution in [0, 0.1) is 17.6 Å². The van der Waals surface area contributed by atoms with Gasteiger partial charge < -0.3 is 14.6 Å². The van der Waals surface area contributed by atoms with Crippen molar-refractivity contribution < 1.29 is 23.4 Å². The van der Waals surface area contributed by atoms with Crippen molar-refractivity contribution in [3.8, 4) is 5.75 Å². The third kappa shape index (κ3) is 2.33. The number of halogens is 2. The standard InChI is InChI=1S/C13H16F2O3/c1-7-3-4-18-13(7)12(16)11-9(14)5-8(17-2)6-10(11)15/h5-7,12-13,16H,3-4H2,1-2H3. The first kappa shape index (κ1) is 13.2. The Morgan fingerprint density at radius 2 is 2.00 bits per heavy atom. The third-order valence-corrected chi connectivity index (χ3v) is 3.34. The highest BCUT2D eigenvalue weighted by Gasteiger charge is 2.35. The van der Waals surface area contributed by atoms with Crippen molar-refractivity contribution in [1.29, 1.82) is 0 Å². The van der Waals surface area contributed by atoms with Crippen LogP contribution in [0.1, 0.15) is 25.0 Å². The molecule has 3 atom stereocenters. The number of methoxy groups -OCH3 is 1. The minimum absolute atomic E-state index is 0.0703. The van der Waals surface area contributed by atoms with E-state index in [0.717, 1.165) is 18.6 Å². The number of hydrogen-bond acceptors (Lipinski definition) is 3. The van der Waals surface area contributed by atoms with Gasteiger partial charge in [-0.2, -0.15) is 0 Å². The van der Waals surface area contributed by atoms with Gasteiger partial charge in [0.2, 0.25) is 0 Å². The molecule has 0 aromatic heterocycles. The molecule has 3 unspecified atom stereocenters. The molecule has 0 saturated carbocycles. The lowest BCUT2D eigenvalue weighted by molar-refractivity contribution is -0.0210. The minimum Gasteiger partial charge on any atom is -0.497 e. The number of aliphatic hydroxyl groups is 1. The maximum atomic E-state index is 13.8. The van der Waals surface area contributed by atoms with E-state index in [0.29, 0.717) is 6.61 Å². The predicted molar refractivity (Wildman–Crippen MR) is 61.4 cm³/mol. The van der Waals surface area contributed by atoms with E-state index in [4.69, 9.17) is 9.47 Å². The largest absolute Gasteiger partial charge is 0.497 e. The van der Waals surface area contributed by atoms with Gasteiger partial charge in [-0.05, 0) is 12.3 Å². The number of benzene rings is 1. The van der Waals surface area contributed by atoms with Crippen LogP contribution in [0.25, 0.3) is 0 Å². The summed E-state index contributed by atoms with van der Waals surface area (Å²) in [6.07, 6.45) is -1.09. The van der Waals surface area contributed by atoms with E-state index in [1.807, 2.05) is 6.92 Å². The summed E-state index contributed by atoms with van der Waals surface area (Å²) in [5.41, 5.74) is -0.352. The second-order valence-electron chi connectivity index (χ2n) is 4.55. The second kappa shape index (κ2) is 5.20. The second-order valence-corrected chi connectivity index (χ2v) is 4.55. The predicted octanol–water partition coefficient (Wildman–Crippen LogP) is 2.43. The van der Waals surface area contributed by atoms with Crippen LogP contribution < -0.4 is 4.74 Å². The number of aliphatic hydroxyl groups excluding tert-OH is 1. The molecular weight excluding hydrogens is 242 g/mol. The highest BCUT2D eigenvalue weighted by Crippen LogP contribution is 2.34. The van der Waals surface area contributed by atoms with Crippen molar-refractivity contribution in [2.45, 2.75) is 25.6 Å². The molecule has 1 heterocycles. The Kier molecular flexibility index (Phi) is 3.82. The van der Waals surface area contributed by atoms with Crippen LogP contribution in [0.5, 0.6) is 5.75 Å². The number of hydrogen-bond donors (Lipinski definition) is 1. The monoisotopic (exact) mass is 258 g/mol. The first-order chi connectivity index (χ1) is 8.54. The van der Waals surface area contributed by atoms with Gasteiger partial charge in [-0.1, -0.05) is 6.92 Å². The van der Waals surface area contributed by atoms with Crippen LogP contribution in [0.4, 0.5) is 8.78 Å². The Labute approximate surface area is 104 Å². The van der Waals surface area contributed by atoms with Gasteiger partial charge in [0.05, 0.1) is 18.8 Å². The minimum atomic E-state index is -1.30. The molecule has 1 fully saturated rings. The van der Waals surface area contributed by atoms with Gasteiger partial charge in [-0.3, -0.25) is 0 Å². The van der Waals surface area contributed by atoms with Gasteiger partial charge >= 0.3 is 0 Å². The van der Waals surface area contributed by atoms with E-state index < -0.39 is 23.8 Å². The molecule has 0 spiro atoms. The van der Waals surface area contributed by atoms with Crippen LogP contribution in [0.2, 0.25) is 0 Å². The topological polar surface area (TPSA) is 38.7 Å². The lowest BCUT2D eigenvalue weighted by atomic mass is 9.94. The van der Waals surface area contributed by atoms with E-state index in [1.165, 1.54) is 7.11 Å². The van der Waals surface area contributed by atoms with Gasteiger partial charge in [-0.25, -0.2) is 8.78 Å². The van der Waals surface area contributed by atoms with E-state index in [9.17, 15) is 13.9 Å². The lowest BCUT2D eigenvalue weighted by Crippen LogP contribution is -2.24. The van der Waals surface area contributed by atoms with Crippen molar-refractivity contribution in [1.82, 2.24) is 0 Å². The molecule has 1 aliphatic heterocycles. The Hall–Kier alpha value is -1.20. The molecule has 1 saturated heterocycles. The molecule has 18 heavy (non-hydrogen) atoms. The zero-order valence-corrected chi connectivity index (χ0v) is 10.3. The molecule has 0 aliphatic carbocycles. The zero-order valence-electron chi connectivity index (χ0n) is 10.3. The smallest absolute Gasteiger partial charge is 0.135 e. The Morgan fingerprint density at radius 1 is 1.39 bits per heavy atom. The molecule has 1 aromatic rings. The van der Waals surface area contributed by atoms with Gasteiger partial charge in [-0.15, -0.1) is 0 Å². The van der Waals surface area contributed by atoms with Crippen LogP contribution in [-0.4, -0.2) is 24.9 Å². The normalized spacial score (nSPS) is 25.2. The van der Waals surface area contributed by atoms with Gasteiger partial charge in [0, 0.05) is 18.7 Å². The Balaban J connectivity index is 2.32. The van der Waals surface area contributed by atoms with Crippen LogP contribution >= 0.6 is 0 Å². The van der Waals surface area contributed by atoms with Crippen molar-refractivity contribution in [2.75, 3.05) is 13.7 Å². The summed E-state index contributed by atoms with van der Waals surface area (Å²) in [4.78, 5) is 0. The van der Waals surface area contributed by atoms with E-state index in [-0.39, 0.29) is 17.2 Å². The fourth-order valence-electron chi connectivity index (χ4n) is 2.25. The summed E-state index contributed by atoms with van der Waals surface area (Å²) in [6.45, 7) is 2.39. The average Bonchev–Trinajstić information content (AvgIpc) is 2.74. The summed E-state index contributed by atoms with van der Waals surface area (Å²) in [6, 6.07) is 2.11. The van der Waals surface area contributed by atoms with Crippen LogP contribution in [0.3, 0.4) is 0 Å². The van der Waals surface area contributed by atoms with E-state index >= 15 is 0 Å². The summed E-state index contributed by atoms with van der Waals surface area (Å²) in [5, 5.41) is 10.1. The van der Waals surface area contributed by atoms with Gasteiger partial charge in [0.1, 0.15) is 23.5 Å². The molecule has 1 aliphatic rings. The number of ether oxygens (including phenoxy) is 2.